The Morgan fingerprint density at radius 2 is 1.03 bits per heavy atom. The topological polar surface area (TPSA) is 431 Å². The van der Waals surface area contributed by atoms with Crippen LogP contribution in [0.4, 0.5) is 0 Å². The standard InChI is InChI=1S/C51H85N15O11S2/c1-25(2)38(48(74)66-41(28(7)8)49(75)65-40(27(5)6)47(73)62-36(24-79)50(76)77)63-37(67)22-58-43(69)33(17-13-19-56-51(54)55)59-45(71)35(20-29-21-57-32-15-10-9-14-30(29)32)61-44(70)34(16-11-12-18-52)60-46(72)39(26(3)4)64-42(68)31(53)23-78/h9-10,14-15,21,25-28,31,33-36,38-41,57,78-79H,11-13,16-20,22-24,52-53H2,1-8H3,(H,58,69)(H,59,71)(H,60,72)(H,61,70)(H,62,73)(H,63,67)(H,64,68)(H,65,75)(H,66,74)(H,76,77)(H4,54,55,56)/t31-,33-,34-,35-,36-,38-,39-,40-,41-/m0/s1. The minimum atomic E-state index is -1.37. The summed E-state index contributed by atoms with van der Waals surface area (Å²) in [6.45, 7) is 12.9. The zero-order chi connectivity index (χ0) is 59.7. The van der Waals surface area contributed by atoms with Gasteiger partial charge in [0.25, 0.3) is 0 Å². The Hall–Kier alpha value is -6.65. The van der Waals surface area contributed by atoms with E-state index in [4.69, 9.17) is 22.9 Å². The highest BCUT2D eigenvalue weighted by Crippen LogP contribution is 2.20. The van der Waals surface area contributed by atoms with Gasteiger partial charge >= 0.3 is 5.97 Å². The number of nitrogens with zero attached hydrogens (tertiary/aromatic N) is 1. The van der Waals surface area contributed by atoms with Crippen molar-refractivity contribution in [3.05, 3.63) is 36.0 Å². The van der Waals surface area contributed by atoms with Gasteiger partial charge in [0, 0.05) is 41.6 Å². The maximum absolute atomic E-state index is 14.6. The molecule has 0 saturated heterocycles. The number of carbonyl (C=O) groups is 10. The number of carbonyl (C=O) groups excluding carboxylic acids is 9. The average molecular weight is 1150 g/mol. The van der Waals surface area contributed by atoms with Crippen molar-refractivity contribution in [3.63, 3.8) is 0 Å². The molecule has 0 bridgehead atoms. The number of hydrogen-bond acceptors (Lipinski definition) is 15. The monoisotopic (exact) mass is 1150 g/mol. The Bertz CT molecular complexity index is 2420. The zero-order valence-corrected chi connectivity index (χ0v) is 48.1. The fourth-order valence-electron chi connectivity index (χ4n) is 8.00. The van der Waals surface area contributed by atoms with Crippen LogP contribution in [0, 0.1) is 23.7 Å². The highest BCUT2D eigenvalue weighted by Gasteiger charge is 2.36. The van der Waals surface area contributed by atoms with Crippen LogP contribution in [0.3, 0.4) is 0 Å². The molecule has 0 unspecified atom stereocenters. The Balaban J connectivity index is 2.43. The van der Waals surface area contributed by atoms with E-state index in [-0.39, 0.29) is 49.7 Å². The van der Waals surface area contributed by atoms with Crippen LogP contribution in [-0.4, -0.2) is 161 Å². The number of unbranched alkanes of at least 4 members (excludes halogenated alkanes) is 1. The lowest BCUT2D eigenvalue weighted by Crippen LogP contribution is -2.61. The lowest BCUT2D eigenvalue weighted by Gasteiger charge is -2.29. The summed E-state index contributed by atoms with van der Waals surface area (Å²) in [7, 11) is 0. The molecule has 1 aromatic carbocycles. The third kappa shape index (κ3) is 22.9. The SMILES string of the molecule is CC(C)[C@H](NC(=O)CNC(=O)[C@H](CCCN=C(N)N)NC(=O)[C@H](Cc1c[nH]c2ccccc12)NC(=O)[C@H](CCCCN)NC(=O)[C@@H](NC(=O)[C@@H](N)CS)C(C)C)C(=O)N[C@H](C(=O)N[C@H](C(=O)N[C@@H](CS)C(=O)O)C(C)C)C(C)C. The number of nitrogens with two attached hydrogens (primary N) is 4. The van der Waals surface area contributed by atoms with Gasteiger partial charge in [-0.05, 0) is 74.0 Å². The van der Waals surface area contributed by atoms with Crippen LogP contribution in [0.2, 0.25) is 0 Å². The minimum Gasteiger partial charge on any atom is -0.480 e. The molecule has 0 fully saturated rings. The van der Waals surface area contributed by atoms with E-state index < -0.39 is 144 Å². The van der Waals surface area contributed by atoms with Gasteiger partial charge in [-0.15, -0.1) is 0 Å². The summed E-state index contributed by atoms with van der Waals surface area (Å²) >= 11 is 8.05. The number of fused-ring (bicyclic) bond motifs is 1. The third-order valence-electron chi connectivity index (χ3n) is 12.7. The van der Waals surface area contributed by atoms with Crippen LogP contribution < -0.4 is 70.8 Å². The summed E-state index contributed by atoms with van der Waals surface area (Å²) in [5.41, 5.74) is 24.1. The molecule has 0 aliphatic rings. The fraction of sp³-hybridized carbons (Fsp3) is 0.627. The van der Waals surface area contributed by atoms with E-state index >= 15 is 0 Å². The first-order valence-corrected chi connectivity index (χ1v) is 27.6. The van der Waals surface area contributed by atoms with Crippen molar-refractivity contribution in [1.82, 2.24) is 52.8 Å². The number of carboxylic acids is 1. The van der Waals surface area contributed by atoms with Gasteiger partial charge in [0.15, 0.2) is 5.96 Å². The Morgan fingerprint density at radius 1 is 0.570 bits per heavy atom. The van der Waals surface area contributed by atoms with Crippen molar-refractivity contribution in [1.29, 1.82) is 0 Å². The van der Waals surface area contributed by atoms with E-state index in [0.29, 0.717) is 24.9 Å². The second kappa shape index (κ2) is 34.4. The van der Waals surface area contributed by atoms with E-state index in [1.54, 1.807) is 67.7 Å². The van der Waals surface area contributed by atoms with Crippen molar-refractivity contribution in [2.24, 2.45) is 51.6 Å². The van der Waals surface area contributed by atoms with Gasteiger partial charge in [-0.1, -0.05) is 73.6 Å². The number of aromatic amines is 1. The van der Waals surface area contributed by atoms with Gasteiger partial charge in [-0.25, -0.2) is 4.79 Å². The number of amides is 9. The molecule has 9 amide bonds. The van der Waals surface area contributed by atoms with Gasteiger partial charge < -0.3 is 80.9 Å². The van der Waals surface area contributed by atoms with E-state index in [9.17, 15) is 53.1 Å². The number of benzene rings is 1. The van der Waals surface area contributed by atoms with Gasteiger partial charge in [-0.2, -0.15) is 25.3 Å². The quantitative estimate of drug-likeness (QED) is 0.0151. The number of thiol groups is 2. The van der Waals surface area contributed by atoms with Gasteiger partial charge in [-0.3, -0.25) is 48.1 Å². The number of aliphatic carboxylic acids is 1. The molecule has 442 valence electrons. The summed E-state index contributed by atoms with van der Waals surface area (Å²) in [4.78, 5) is 142. The number of nitrogens with one attached hydrogen (secondary N) is 10. The molecule has 9 atom stereocenters. The average Bonchev–Trinajstić information content (AvgIpc) is 3.82. The molecule has 1 aromatic heterocycles. The summed E-state index contributed by atoms with van der Waals surface area (Å²) in [6.07, 6.45) is 2.67. The molecular formula is C51H85N15O11S2. The number of guanidine groups is 1. The number of aromatic nitrogens is 1. The molecule has 19 N–H and O–H groups in total. The maximum Gasteiger partial charge on any atom is 0.327 e. The Labute approximate surface area is 472 Å². The second-order valence-electron chi connectivity index (χ2n) is 20.5. The van der Waals surface area contributed by atoms with Gasteiger partial charge in [0.1, 0.15) is 48.3 Å². The van der Waals surface area contributed by atoms with Crippen LogP contribution in [0.1, 0.15) is 93.1 Å². The lowest BCUT2D eigenvalue weighted by atomic mass is 9.98. The molecule has 0 spiro atoms. The molecule has 2 rings (SSSR count). The van der Waals surface area contributed by atoms with Gasteiger partial charge in [0.2, 0.25) is 53.2 Å². The van der Waals surface area contributed by atoms with Crippen LogP contribution in [-0.2, 0) is 54.4 Å². The molecule has 1 heterocycles. The molecule has 0 aliphatic carbocycles. The van der Waals surface area contributed by atoms with Crippen LogP contribution >= 0.6 is 25.3 Å². The normalized spacial score (nSPS) is 14.8. The van der Waals surface area contributed by atoms with Crippen molar-refractivity contribution in [2.75, 3.05) is 31.1 Å². The highest BCUT2D eigenvalue weighted by molar-refractivity contribution is 7.80. The van der Waals surface area contributed by atoms with E-state index in [1.165, 1.54) is 0 Å². The summed E-state index contributed by atoms with van der Waals surface area (Å²) in [6, 6.07) is -3.73. The number of para-hydroxylation sites is 1. The number of H-pyrrole nitrogens is 1. The van der Waals surface area contributed by atoms with Crippen LogP contribution in [0.5, 0.6) is 0 Å². The van der Waals surface area contributed by atoms with E-state index in [2.05, 4.69) is 83.1 Å². The predicted octanol–water partition coefficient (Wildman–Crippen LogP) is -2.22. The highest BCUT2D eigenvalue weighted by atomic mass is 32.1. The number of carboxylic acid groups (broad SMARTS) is 1. The van der Waals surface area contributed by atoms with Crippen molar-refractivity contribution in [2.45, 2.75) is 148 Å². The van der Waals surface area contributed by atoms with Crippen molar-refractivity contribution < 1.29 is 53.1 Å². The summed E-state index contributed by atoms with van der Waals surface area (Å²) in [5, 5.41) is 33.7. The fourth-order valence-corrected chi connectivity index (χ4v) is 8.41. The molecule has 0 saturated carbocycles. The molecular weight excluding hydrogens is 1060 g/mol. The smallest absolute Gasteiger partial charge is 0.327 e. The lowest BCUT2D eigenvalue weighted by molar-refractivity contribution is -0.142. The third-order valence-corrected chi connectivity index (χ3v) is 13.4. The maximum atomic E-state index is 14.6. The largest absolute Gasteiger partial charge is 0.480 e. The van der Waals surface area contributed by atoms with Crippen molar-refractivity contribution >= 4 is 101 Å². The number of rotatable bonds is 35. The molecule has 2 aromatic rings. The minimum absolute atomic E-state index is 0.0176. The molecule has 0 aliphatic heterocycles. The Morgan fingerprint density at radius 3 is 1.53 bits per heavy atom. The van der Waals surface area contributed by atoms with Gasteiger partial charge in [0.05, 0.1) is 12.6 Å². The molecule has 28 heteroatoms. The predicted molar refractivity (Wildman–Crippen MR) is 306 cm³/mol. The number of aliphatic imine (C=N–C) groups is 1. The number of hydrogen-bond donors (Lipinski definition) is 17. The first kappa shape index (κ1) is 68.5. The molecule has 0 radical (unpaired) electrons. The van der Waals surface area contributed by atoms with Crippen LogP contribution in [0.15, 0.2) is 35.5 Å². The molecule has 79 heavy (non-hydrogen) atoms. The first-order valence-electron chi connectivity index (χ1n) is 26.4. The summed E-state index contributed by atoms with van der Waals surface area (Å²) < 4.78 is 0. The summed E-state index contributed by atoms with van der Waals surface area (Å²) in [5.74, 6) is -10.5. The van der Waals surface area contributed by atoms with Crippen molar-refractivity contribution in [3.8, 4) is 0 Å². The zero-order valence-electron chi connectivity index (χ0n) is 46.4. The van der Waals surface area contributed by atoms with E-state index in [1.807, 2.05) is 18.2 Å². The Kier molecular flexibility index (Phi) is 29.8. The molecule has 26 nitrogen and oxygen atoms in total. The second-order valence-corrected chi connectivity index (χ2v) is 21.3. The first-order chi connectivity index (χ1) is 37.2. The van der Waals surface area contributed by atoms with E-state index in [0.717, 1.165) is 10.9 Å². The van der Waals surface area contributed by atoms with Crippen LogP contribution in [0.25, 0.3) is 10.9 Å².